The lowest BCUT2D eigenvalue weighted by Crippen LogP contribution is -2.11. The van der Waals surface area contributed by atoms with Gasteiger partial charge in [0.1, 0.15) is 5.82 Å². The number of hydrogen-bond donors (Lipinski definition) is 1. The first-order chi connectivity index (χ1) is 9.20. The molecule has 1 unspecified atom stereocenters. The summed E-state index contributed by atoms with van der Waals surface area (Å²) in [5.74, 6) is -0.666. The van der Waals surface area contributed by atoms with Crippen LogP contribution in [0.2, 0.25) is 5.02 Å². The molecule has 1 N–H and O–H groups in total. The fourth-order valence-electron chi connectivity index (χ4n) is 1.77. The van der Waals surface area contributed by atoms with Crippen molar-refractivity contribution in [1.82, 2.24) is 0 Å². The molecular formula is C15H12ClFN2. The van der Waals surface area contributed by atoms with Crippen molar-refractivity contribution in [2.75, 3.05) is 11.9 Å². The second-order valence-corrected chi connectivity index (χ2v) is 4.50. The van der Waals surface area contributed by atoms with Crippen molar-refractivity contribution in [3.8, 4) is 6.07 Å². The fraction of sp³-hybridized carbons (Fsp3) is 0.133. The summed E-state index contributed by atoms with van der Waals surface area (Å²) in [5.41, 5.74) is 1.42. The van der Waals surface area contributed by atoms with Crippen LogP contribution in [0.5, 0.6) is 0 Å². The molecule has 19 heavy (non-hydrogen) atoms. The maximum atomic E-state index is 13.1. The Morgan fingerprint density at radius 1 is 1.21 bits per heavy atom. The van der Waals surface area contributed by atoms with Crippen LogP contribution in [0.3, 0.4) is 0 Å². The zero-order valence-electron chi connectivity index (χ0n) is 10.1. The van der Waals surface area contributed by atoms with Gasteiger partial charge in [-0.3, -0.25) is 0 Å². The molecule has 0 aliphatic carbocycles. The SMILES string of the molecule is N#CC(CNc1cc(F)ccc1Cl)c1ccccc1. The lowest BCUT2D eigenvalue weighted by atomic mass is 10.0. The van der Waals surface area contributed by atoms with Gasteiger partial charge in [0.2, 0.25) is 0 Å². The molecule has 0 heterocycles. The van der Waals surface area contributed by atoms with Gasteiger partial charge in [0.25, 0.3) is 0 Å². The van der Waals surface area contributed by atoms with E-state index in [2.05, 4.69) is 11.4 Å². The first-order valence-corrected chi connectivity index (χ1v) is 6.22. The van der Waals surface area contributed by atoms with Crippen molar-refractivity contribution < 1.29 is 4.39 Å². The van der Waals surface area contributed by atoms with Crippen LogP contribution in [0.25, 0.3) is 0 Å². The Bertz CT molecular complexity index is 593. The first-order valence-electron chi connectivity index (χ1n) is 5.84. The highest BCUT2D eigenvalue weighted by Crippen LogP contribution is 2.24. The van der Waals surface area contributed by atoms with Gasteiger partial charge in [0.05, 0.1) is 22.7 Å². The number of halogens is 2. The molecule has 0 amide bonds. The van der Waals surface area contributed by atoms with Crippen LogP contribution in [-0.4, -0.2) is 6.54 Å². The molecule has 0 spiro atoms. The van der Waals surface area contributed by atoms with Gasteiger partial charge in [0, 0.05) is 6.54 Å². The minimum Gasteiger partial charge on any atom is -0.382 e. The van der Waals surface area contributed by atoms with Gasteiger partial charge in [-0.2, -0.15) is 5.26 Å². The van der Waals surface area contributed by atoms with Gasteiger partial charge in [-0.15, -0.1) is 0 Å². The minimum absolute atomic E-state index is 0.305. The van der Waals surface area contributed by atoms with Gasteiger partial charge in [0.15, 0.2) is 0 Å². The molecular weight excluding hydrogens is 263 g/mol. The predicted octanol–water partition coefficient (Wildman–Crippen LogP) is 4.20. The number of nitrogens with zero attached hydrogens (tertiary/aromatic N) is 1. The van der Waals surface area contributed by atoms with E-state index in [1.807, 2.05) is 30.3 Å². The van der Waals surface area contributed by atoms with Crippen LogP contribution < -0.4 is 5.32 Å². The molecule has 2 rings (SSSR count). The van der Waals surface area contributed by atoms with E-state index in [0.29, 0.717) is 17.3 Å². The van der Waals surface area contributed by atoms with E-state index in [1.165, 1.54) is 18.2 Å². The van der Waals surface area contributed by atoms with Gasteiger partial charge in [-0.1, -0.05) is 41.9 Å². The third-order valence-electron chi connectivity index (χ3n) is 2.78. The van der Waals surface area contributed by atoms with Crippen LogP contribution in [0.15, 0.2) is 48.5 Å². The van der Waals surface area contributed by atoms with E-state index in [9.17, 15) is 9.65 Å². The van der Waals surface area contributed by atoms with Gasteiger partial charge in [-0.05, 0) is 23.8 Å². The fourth-order valence-corrected chi connectivity index (χ4v) is 1.95. The number of anilines is 1. The largest absolute Gasteiger partial charge is 0.382 e. The summed E-state index contributed by atoms with van der Waals surface area (Å²) < 4.78 is 13.1. The third kappa shape index (κ3) is 3.46. The van der Waals surface area contributed by atoms with Crippen molar-refractivity contribution in [2.24, 2.45) is 0 Å². The number of benzene rings is 2. The molecule has 0 saturated carbocycles. The molecule has 0 fully saturated rings. The molecule has 0 aromatic heterocycles. The van der Waals surface area contributed by atoms with E-state index < -0.39 is 0 Å². The summed E-state index contributed by atoms with van der Waals surface area (Å²) in [4.78, 5) is 0. The maximum absolute atomic E-state index is 13.1. The average molecular weight is 275 g/mol. The van der Waals surface area contributed by atoms with Crippen LogP contribution in [-0.2, 0) is 0 Å². The zero-order valence-corrected chi connectivity index (χ0v) is 10.9. The molecule has 2 aromatic carbocycles. The molecule has 0 saturated heterocycles. The van der Waals surface area contributed by atoms with Gasteiger partial charge in [-0.25, -0.2) is 4.39 Å². The Labute approximate surface area is 116 Å². The molecule has 2 aromatic rings. The summed E-state index contributed by atoms with van der Waals surface area (Å²) in [5, 5.41) is 12.6. The van der Waals surface area contributed by atoms with E-state index in [4.69, 9.17) is 11.6 Å². The van der Waals surface area contributed by atoms with Gasteiger partial charge >= 0.3 is 0 Å². The van der Waals surface area contributed by atoms with Crippen LogP contribution in [0.1, 0.15) is 11.5 Å². The van der Waals surface area contributed by atoms with E-state index >= 15 is 0 Å². The highest BCUT2D eigenvalue weighted by Gasteiger charge is 2.11. The van der Waals surface area contributed by atoms with E-state index in [1.54, 1.807) is 0 Å². The van der Waals surface area contributed by atoms with Crippen molar-refractivity contribution >= 4 is 17.3 Å². The summed E-state index contributed by atoms with van der Waals surface area (Å²) in [6, 6.07) is 15.8. The molecule has 1 atom stereocenters. The maximum Gasteiger partial charge on any atom is 0.125 e. The van der Waals surface area contributed by atoms with E-state index in [0.717, 1.165) is 5.56 Å². The molecule has 0 aliphatic heterocycles. The third-order valence-corrected chi connectivity index (χ3v) is 3.11. The van der Waals surface area contributed by atoms with Crippen molar-refractivity contribution in [1.29, 1.82) is 5.26 Å². The van der Waals surface area contributed by atoms with Crippen molar-refractivity contribution in [3.05, 3.63) is 64.9 Å². The second-order valence-electron chi connectivity index (χ2n) is 4.10. The number of nitrogens with one attached hydrogen (secondary N) is 1. The second kappa shape index (κ2) is 6.21. The minimum atomic E-state index is -0.361. The van der Waals surface area contributed by atoms with Crippen molar-refractivity contribution in [2.45, 2.75) is 5.92 Å². The first kappa shape index (κ1) is 13.4. The summed E-state index contributed by atoms with van der Waals surface area (Å²) in [7, 11) is 0. The lowest BCUT2D eigenvalue weighted by molar-refractivity contribution is 0.628. The van der Waals surface area contributed by atoms with Crippen molar-refractivity contribution in [3.63, 3.8) is 0 Å². The monoisotopic (exact) mass is 274 g/mol. The molecule has 0 bridgehead atoms. The smallest absolute Gasteiger partial charge is 0.125 e. The zero-order chi connectivity index (χ0) is 13.7. The summed E-state index contributed by atoms with van der Waals surface area (Å²) in [6.07, 6.45) is 0. The Morgan fingerprint density at radius 2 is 1.95 bits per heavy atom. The number of hydrogen-bond acceptors (Lipinski definition) is 2. The van der Waals surface area contributed by atoms with Crippen LogP contribution >= 0.6 is 11.6 Å². The number of rotatable bonds is 4. The highest BCUT2D eigenvalue weighted by molar-refractivity contribution is 6.33. The summed E-state index contributed by atoms with van der Waals surface area (Å²) in [6.45, 7) is 0.379. The lowest BCUT2D eigenvalue weighted by Gasteiger charge is -2.13. The molecule has 96 valence electrons. The highest BCUT2D eigenvalue weighted by atomic mass is 35.5. The Hall–Kier alpha value is -2.05. The van der Waals surface area contributed by atoms with Crippen LogP contribution in [0, 0.1) is 17.1 Å². The molecule has 0 aliphatic rings. The quantitative estimate of drug-likeness (QED) is 0.907. The Kier molecular flexibility index (Phi) is 4.38. The predicted molar refractivity (Wildman–Crippen MR) is 74.7 cm³/mol. The van der Waals surface area contributed by atoms with E-state index in [-0.39, 0.29) is 11.7 Å². The Morgan fingerprint density at radius 3 is 2.63 bits per heavy atom. The number of nitriles is 1. The summed E-state index contributed by atoms with van der Waals surface area (Å²) >= 11 is 5.96. The normalized spacial score (nSPS) is 11.6. The molecule has 4 heteroatoms. The van der Waals surface area contributed by atoms with Crippen LogP contribution in [0.4, 0.5) is 10.1 Å². The Balaban J connectivity index is 2.09. The standard InChI is InChI=1S/C15H12ClFN2/c16-14-7-6-13(17)8-15(14)19-10-12(9-18)11-4-2-1-3-5-11/h1-8,12,19H,10H2. The molecule has 2 nitrogen and oxygen atoms in total. The molecule has 0 radical (unpaired) electrons. The van der Waals surface area contributed by atoms with Gasteiger partial charge < -0.3 is 5.32 Å². The topological polar surface area (TPSA) is 35.8 Å². The average Bonchev–Trinajstić information content (AvgIpc) is 2.44.